The summed E-state index contributed by atoms with van der Waals surface area (Å²) in [7, 11) is 0. The van der Waals surface area contributed by atoms with Crippen LogP contribution in [0, 0.1) is 0 Å². The van der Waals surface area contributed by atoms with Gasteiger partial charge in [0.15, 0.2) is 0 Å². The minimum atomic E-state index is 0.307. The molecule has 0 aromatic heterocycles. The van der Waals surface area contributed by atoms with E-state index < -0.39 is 0 Å². The number of carbonyl (C=O) groups is 2. The standard InChI is InChI=1S/C12H12N2.2C6H12O/c13-11-5-1-9(2-6-11)10-3-7-12(14)8-4-10;2*1-3-4-5-6(2)7/h1-8H,13-14H2;2*3-5H2,1-2H3. The van der Waals surface area contributed by atoms with Crippen LogP contribution in [-0.2, 0) is 9.59 Å². The highest BCUT2D eigenvalue weighted by molar-refractivity contribution is 5.75. The largest absolute Gasteiger partial charge is 0.399 e. The second kappa shape index (κ2) is 15.4. The predicted octanol–water partition coefficient (Wildman–Crippen LogP) is 6.05. The van der Waals surface area contributed by atoms with Gasteiger partial charge in [0, 0.05) is 24.2 Å². The van der Waals surface area contributed by atoms with Crippen LogP contribution in [0.2, 0.25) is 0 Å². The van der Waals surface area contributed by atoms with Crippen molar-refractivity contribution in [2.24, 2.45) is 0 Å². The number of hydrogen-bond donors (Lipinski definition) is 2. The van der Waals surface area contributed by atoms with E-state index in [1.165, 1.54) is 0 Å². The van der Waals surface area contributed by atoms with Crippen LogP contribution in [0.25, 0.3) is 11.1 Å². The van der Waals surface area contributed by atoms with E-state index in [0.717, 1.165) is 61.0 Å². The summed E-state index contributed by atoms with van der Waals surface area (Å²) < 4.78 is 0. The molecule has 0 amide bonds. The highest BCUT2D eigenvalue weighted by atomic mass is 16.1. The summed E-state index contributed by atoms with van der Waals surface area (Å²) in [6.07, 6.45) is 5.87. The number of unbranched alkanes of at least 4 members (excludes halogenated alkanes) is 2. The van der Waals surface area contributed by atoms with Gasteiger partial charge in [-0.15, -0.1) is 0 Å². The molecular weight excluding hydrogens is 348 g/mol. The minimum absolute atomic E-state index is 0.307. The fourth-order valence-electron chi connectivity index (χ4n) is 2.20. The lowest BCUT2D eigenvalue weighted by Crippen LogP contribution is -1.86. The number of anilines is 2. The van der Waals surface area contributed by atoms with Gasteiger partial charge in [0.1, 0.15) is 11.6 Å². The van der Waals surface area contributed by atoms with E-state index >= 15 is 0 Å². The zero-order valence-electron chi connectivity index (χ0n) is 17.8. The molecule has 0 bridgehead atoms. The highest BCUT2D eigenvalue weighted by Crippen LogP contribution is 2.21. The second-order valence-corrected chi connectivity index (χ2v) is 6.86. The first kappa shape index (κ1) is 25.4. The Bertz CT molecular complexity index is 615. The molecule has 0 spiro atoms. The molecule has 0 radical (unpaired) electrons. The van der Waals surface area contributed by atoms with E-state index in [0.29, 0.717) is 11.6 Å². The van der Waals surface area contributed by atoms with Crippen LogP contribution in [0.4, 0.5) is 11.4 Å². The Balaban J connectivity index is 0.000000444. The van der Waals surface area contributed by atoms with Gasteiger partial charge in [-0.1, -0.05) is 51.0 Å². The van der Waals surface area contributed by atoms with Crippen molar-refractivity contribution in [2.75, 3.05) is 11.5 Å². The highest BCUT2D eigenvalue weighted by Gasteiger charge is 1.96. The molecule has 2 aromatic carbocycles. The molecule has 0 unspecified atom stereocenters. The van der Waals surface area contributed by atoms with Crippen molar-refractivity contribution in [1.82, 2.24) is 0 Å². The molecule has 0 fully saturated rings. The first-order valence-corrected chi connectivity index (χ1v) is 10.00. The van der Waals surface area contributed by atoms with Crippen LogP contribution in [0.1, 0.15) is 66.2 Å². The molecule has 4 N–H and O–H groups in total. The average Bonchev–Trinajstić information content (AvgIpc) is 2.67. The van der Waals surface area contributed by atoms with E-state index in [1.54, 1.807) is 13.8 Å². The first-order valence-electron chi connectivity index (χ1n) is 10.00. The third kappa shape index (κ3) is 13.6. The van der Waals surface area contributed by atoms with Crippen LogP contribution in [0.3, 0.4) is 0 Å². The van der Waals surface area contributed by atoms with E-state index in [1.807, 2.05) is 48.5 Å². The smallest absolute Gasteiger partial charge is 0.129 e. The topological polar surface area (TPSA) is 86.2 Å². The molecular formula is C24H36N2O2. The summed E-state index contributed by atoms with van der Waals surface area (Å²) >= 11 is 0. The number of rotatable bonds is 7. The molecule has 0 saturated carbocycles. The Morgan fingerprint density at radius 2 is 0.929 bits per heavy atom. The molecule has 2 aromatic rings. The lowest BCUT2D eigenvalue weighted by atomic mass is 10.1. The summed E-state index contributed by atoms with van der Waals surface area (Å²) in [5.74, 6) is 0.615. The Morgan fingerprint density at radius 1 is 0.643 bits per heavy atom. The first-order chi connectivity index (χ1) is 13.3. The third-order valence-electron chi connectivity index (χ3n) is 3.92. The van der Waals surface area contributed by atoms with Gasteiger partial charge in [-0.2, -0.15) is 0 Å². The van der Waals surface area contributed by atoms with Gasteiger partial charge in [0.05, 0.1) is 0 Å². The van der Waals surface area contributed by atoms with Gasteiger partial charge in [0.2, 0.25) is 0 Å². The van der Waals surface area contributed by atoms with Crippen LogP contribution in [0.15, 0.2) is 48.5 Å². The van der Waals surface area contributed by atoms with Crippen LogP contribution < -0.4 is 11.5 Å². The van der Waals surface area contributed by atoms with Gasteiger partial charge in [-0.3, -0.25) is 0 Å². The normalized spacial score (nSPS) is 9.43. The van der Waals surface area contributed by atoms with Crippen molar-refractivity contribution in [2.45, 2.75) is 66.2 Å². The van der Waals surface area contributed by atoms with E-state index in [9.17, 15) is 9.59 Å². The van der Waals surface area contributed by atoms with Gasteiger partial charge in [-0.05, 0) is 62.1 Å². The maximum Gasteiger partial charge on any atom is 0.129 e. The van der Waals surface area contributed by atoms with E-state index in [-0.39, 0.29) is 0 Å². The molecule has 0 heterocycles. The van der Waals surface area contributed by atoms with Gasteiger partial charge in [-0.25, -0.2) is 0 Å². The third-order valence-corrected chi connectivity index (χ3v) is 3.92. The summed E-state index contributed by atoms with van der Waals surface area (Å²) in [5, 5.41) is 0. The van der Waals surface area contributed by atoms with Crippen molar-refractivity contribution in [3.63, 3.8) is 0 Å². The zero-order valence-corrected chi connectivity index (χ0v) is 17.8. The minimum Gasteiger partial charge on any atom is -0.399 e. The molecule has 154 valence electrons. The van der Waals surface area contributed by atoms with Gasteiger partial charge in [0.25, 0.3) is 0 Å². The van der Waals surface area contributed by atoms with Crippen LogP contribution in [0.5, 0.6) is 0 Å². The predicted molar refractivity (Wildman–Crippen MR) is 121 cm³/mol. The number of nitrogens with two attached hydrogens (primary N) is 2. The van der Waals surface area contributed by atoms with Gasteiger partial charge < -0.3 is 21.1 Å². The van der Waals surface area contributed by atoms with Crippen molar-refractivity contribution >= 4 is 22.9 Å². The second-order valence-electron chi connectivity index (χ2n) is 6.86. The summed E-state index contributed by atoms with van der Waals surface area (Å²) in [6, 6.07) is 15.6. The Labute approximate surface area is 170 Å². The molecule has 4 nitrogen and oxygen atoms in total. The van der Waals surface area contributed by atoms with Crippen molar-refractivity contribution in [3.05, 3.63) is 48.5 Å². The fourth-order valence-corrected chi connectivity index (χ4v) is 2.20. The Morgan fingerprint density at radius 3 is 1.11 bits per heavy atom. The molecule has 0 aliphatic carbocycles. The van der Waals surface area contributed by atoms with Crippen molar-refractivity contribution < 1.29 is 9.59 Å². The maximum absolute atomic E-state index is 10.2. The lowest BCUT2D eigenvalue weighted by molar-refractivity contribution is -0.117. The average molecular weight is 385 g/mol. The Kier molecular flexibility index (Phi) is 14.0. The maximum atomic E-state index is 10.2. The molecule has 2 rings (SSSR count). The lowest BCUT2D eigenvalue weighted by Gasteiger charge is -2.02. The van der Waals surface area contributed by atoms with E-state index in [4.69, 9.17) is 11.5 Å². The molecule has 0 saturated heterocycles. The van der Waals surface area contributed by atoms with Crippen LogP contribution >= 0.6 is 0 Å². The fraction of sp³-hybridized carbons (Fsp3) is 0.417. The molecule has 0 atom stereocenters. The molecule has 4 heteroatoms. The summed E-state index contributed by atoms with van der Waals surface area (Å²) in [6.45, 7) is 7.44. The number of benzene rings is 2. The number of Topliss-reactive ketones (excluding diaryl/α,β-unsaturated/α-hetero) is 2. The quantitative estimate of drug-likeness (QED) is 0.569. The number of ketones is 2. The van der Waals surface area contributed by atoms with Crippen molar-refractivity contribution in [3.8, 4) is 11.1 Å². The number of carbonyl (C=O) groups excluding carboxylic acids is 2. The number of hydrogen-bond acceptors (Lipinski definition) is 4. The SMILES string of the molecule is CCCCC(C)=O.CCCCC(C)=O.Nc1ccc(-c2ccc(N)cc2)cc1. The van der Waals surface area contributed by atoms with Gasteiger partial charge >= 0.3 is 0 Å². The van der Waals surface area contributed by atoms with Crippen LogP contribution in [-0.4, -0.2) is 11.6 Å². The summed E-state index contributed by atoms with van der Waals surface area (Å²) in [5.41, 5.74) is 15.1. The monoisotopic (exact) mass is 384 g/mol. The zero-order chi connectivity index (χ0) is 21.4. The number of nitrogen functional groups attached to an aromatic ring is 2. The van der Waals surface area contributed by atoms with Crippen molar-refractivity contribution in [1.29, 1.82) is 0 Å². The Hall–Kier alpha value is -2.62. The molecule has 0 aliphatic rings. The summed E-state index contributed by atoms with van der Waals surface area (Å²) in [4.78, 5) is 20.4. The van der Waals surface area contributed by atoms with E-state index in [2.05, 4.69) is 13.8 Å². The molecule has 28 heavy (non-hydrogen) atoms. The molecule has 0 aliphatic heterocycles.